The van der Waals surface area contributed by atoms with Crippen LogP contribution >= 0.6 is 0 Å². The van der Waals surface area contributed by atoms with Gasteiger partial charge in [-0.15, -0.1) is 0 Å². The highest BCUT2D eigenvalue weighted by molar-refractivity contribution is 5.93. The average Bonchev–Trinajstić information content (AvgIpc) is 2.58. The predicted octanol–water partition coefficient (Wildman–Crippen LogP) is 4.11. The second kappa shape index (κ2) is 8.73. The van der Waals surface area contributed by atoms with Gasteiger partial charge in [-0.2, -0.15) is 0 Å². The van der Waals surface area contributed by atoms with E-state index >= 15 is 0 Å². The van der Waals surface area contributed by atoms with Gasteiger partial charge >= 0.3 is 0 Å². The minimum Gasteiger partial charge on any atom is -0.508 e. The van der Waals surface area contributed by atoms with Crippen molar-refractivity contribution in [1.29, 1.82) is 0 Å². The average molecular weight is 325 g/mol. The second-order valence-electron chi connectivity index (χ2n) is 5.41. The maximum Gasteiger partial charge on any atom is 0.227 e. The van der Waals surface area contributed by atoms with Crippen LogP contribution in [0.25, 0.3) is 0 Å². The summed E-state index contributed by atoms with van der Waals surface area (Å²) < 4.78 is 13.5. The summed E-state index contributed by atoms with van der Waals surface area (Å²) in [7, 11) is 0. The fraction of sp³-hybridized carbons (Fsp3) is 0.250. The van der Waals surface area contributed by atoms with Gasteiger partial charge < -0.3 is 10.0 Å². The maximum atomic E-state index is 13.5. The van der Waals surface area contributed by atoms with Crippen molar-refractivity contribution in [3.8, 4) is 17.6 Å². The highest BCUT2D eigenvalue weighted by Gasteiger charge is 2.14. The predicted molar refractivity (Wildman–Crippen MR) is 93.3 cm³/mol. The number of nitrogens with zero attached hydrogens (tertiary/aromatic N) is 1. The summed E-state index contributed by atoms with van der Waals surface area (Å²) in [5, 5.41) is 9.26. The van der Waals surface area contributed by atoms with Crippen LogP contribution < -0.4 is 4.90 Å². The van der Waals surface area contributed by atoms with Gasteiger partial charge in [0.25, 0.3) is 0 Å². The number of phenolic OH excluding ortho intramolecular Hbond substituents is 1. The molecule has 4 heteroatoms. The molecule has 3 nitrogen and oxygen atoms in total. The van der Waals surface area contributed by atoms with E-state index in [0.29, 0.717) is 12.1 Å². The molecule has 2 rings (SSSR count). The summed E-state index contributed by atoms with van der Waals surface area (Å²) in [6.45, 7) is 2.21. The van der Waals surface area contributed by atoms with Gasteiger partial charge in [0.15, 0.2) is 0 Å². The number of hydrogen-bond acceptors (Lipinski definition) is 2. The topological polar surface area (TPSA) is 40.5 Å². The minimum absolute atomic E-state index is 0.0672. The van der Waals surface area contributed by atoms with Gasteiger partial charge in [0.05, 0.1) is 6.54 Å². The Hall–Kier alpha value is -2.80. The van der Waals surface area contributed by atoms with Gasteiger partial charge in [-0.1, -0.05) is 31.3 Å². The Morgan fingerprint density at radius 1 is 1.21 bits per heavy atom. The third-order valence-electron chi connectivity index (χ3n) is 3.50. The molecule has 0 heterocycles. The number of aromatic hydroxyl groups is 1. The number of rotatable bonds is 5. The molecule has 0 saturated heterocycles. The highest BCUT2D eigenvalue weighted by Crippen LogP contribution is 2.17. The van der Waals surface area contributed by atoms with Crippen molar-refractivity contribution in [2.45, 2.75) is 26.2 Å². The van der Waals surface area contributed by atoms with E-state index in [2.05, 4.69) is 11.8 Å². The molecular formula is C20H20FNO2. The first kappa shape index (κ1) is 17.6. The van der Waals surface area contributed by atoms with Crippen molar-refractivity contribution in [1.82, 2.24) is 0 Å². The molecule has 0 aliphatic carbocycles. The monoisotopic (exact) mass is 325 g/mol. The molecule has 0 aliphatic rings. The van der Waals surface area contributed by atoms with Crippen LogP contribution in [0.1, 0.15) is 31.7 Å². The smallest absolute Gasteiger partial charge is 0.227 e. The summed E-state index contributed by atoms with van der Waals surface area (Å²) in [5.41, 5.74) is 1.25. The van der Waals surface area contributed by atoms with Crippen molar-refractivity contribution < 1.29 is 14.3 Å². The Morgan fingerprint density at radius 3 is 2.62 bits per heavy atom. The van der Waals surface area contributed by atoms with E-state index in [-0.39, 0.29) is 24.0 Å². The number of halogens is 1. The van der Waals surface area contributed by atoms with Gasteiger partial charge in [0, 0.05) is 17.7 Å². The summed E-state index contributed by atoms with van der Waals surface area (Å²) in [5.74, 6) is 5.62. The van der Waals surface area contributed by atoms with Crippen molar-refractivity contribution in [3.05, 3.63) is 59.9 Å². The third kappa shape index (κ3) is 5.13. The van der Waals surface area contributed by atoms with Gasteiger partial charge in [-0.05, 0) is 48.9 Å². The molecule has 1 amide bonds. The number of carbonyl (C=O) groups excluding carboxylic acids is 1. The van der Waals surface area contributed by atoms with Gasteiger partial charge in [0.2, 0.25) is 5.91 Å². The van der Waals surface area contributed by atoms with E-state index in [1.165, 1.54) is 17.0 Å². The molecule has 2 aromatic rings. The quantitative estimate of drug-likeness (QED) is 0.841. The fourth-order valence-corrected chi connectivity index (χ4v) is 2.20. The van der Waals surface area contributed by atoms with Crippen molar-refractivity contribution >= 4 is 11.6 Å². The van der Waals surface area contributed by atoms with E-state index < -0.39 is 0 Å². The second-order valence-corrected chi connectivity index (χ2v) is 5.41. The zero-order chi connectivity index (χ0) is 17.4. The lowest BCUT2D eigenvalue weighted by atomic mass is 10.2. The minimum atomic E-state index is -0.382. The Bertz CT molecular complexity index is 744. The maximum absolute atomic E-state index is 13.5. The molecule has 0 aromatic heterocycles. The van der Waals surface area contributed by atoms with Gasteiger partial charge in [0.1, 0.15) is 11.6 Å². The first-order valence-corrected chi connectivity index (χ1v) is 7.94. The Kier molecular flexibility index (Phi) is 6.39. The number of anilines is 1. The van der Waals surface area contributed by atoms with E-state index in [4.69, 9.17) is 0 Å². The van der Waals surface area contributed by atoms with Gasteiger partial charge in [-0.3, -0.25) is 4.79 Å². The van der Waals surface area contributed by atoms with Crippen molar-refractivity contribution in [2.75, 3.05) is 11.4 Å². The largest absolute Gasteiger partial charge is 0.508 e. The Labute approximate surface area is 141 Å². The highest BCUT2D eigenvalue weighted by atomic mass is 19.1. The molecule has 0 spiro atoms. The lowest BCUT2D eigenvalue weighted by Gasteiger charge is -2.20. The molecule has 24 heavy (non-hydrogen) atoms. The van der Waals surface area contributed by atoms with E-state index in [1.54, 1.807) is 36.4 Å². The normalized spacial score (nSPS) is 9.92. The molecule has 0 bridgehead atoms. The molecule has 124 valence electrons. The lowest BCUT2D eigenvalue weighted by molar-refractivity contribution is -0.118. The Balaban J connectivity index is 2.17. The number of phenols is 1. The van der Waals surface area contributed by atoms with Crippen LogP contribution in [0.3, 0.4) is 0 Å². The fourth-order valence-electron chi connectivity index (χ4n) is 2.20. The van der Waals surface area contributed by atoms with Crippen LogP contribution in [-0.4, -0.2) is 17.6 Å². The van der Waals surface area contributed by atoms with E-state index in [9.17, 15) is 14.3 Å². The standard InChI is InChI=1S/C20H20FNO2/c1-2-3-9-20(24)22(18-8-4-7-17(21)15-18)14-5-6-16-10-12-19(23)13-11-16/h4,7-8,10-13,15,23H,2-3,9,14H2,1H3. The molecular weight excluding hydrogens is 305 g/mol. The molecule has 0 aliphatic heterocycles. The van der Waals surface area contributed by atoms with Crippen molar-refractivity contribution in [2.24, 2.45) is 0 Å². The summed E-state index contributed by atoms with van der Waals surface area (Å²) in [6, 6.07) is 12.5. The van der Waals surface area contributed by atoms with Crippen LogP contribution in [0, 0.1) is 17.7 Å². The van der Waals surface area contributed by atoms with E-state index in [1.807, 2.05) is 6.92 Å². The number of benzene rings is 2. The molecule has 0 saturated carbocycles. The molecule has 0 radical (unpaired) electrons. The summed E-state index contributed by atoms with van der Waals surface area (Å²) in [4.78, 5) is 13.9. The van der Waals surface area contributed by atoms with Crippen LogP contribution in [0.2, 0.25) is 0 Å². The van der Waals surface area contributed by atoms with Crippen LogP contribution in [-0.2, 0) is 4.79 Å². The first-order valence-electron chi connectivity index (χ1n) is 7.94. The van der Waals surface area contributed by atoms with Gasteiger partial charge in [-0.25, -0.2) is 4.39 Å². The third-order valence-corrected chi connectivity index (χ3v) is 3.50. The van der Waals surface area contributed by atoms with Crippen LogP contribution in [0.15, 0.2) is 48.5 Å². The van der Waals surface area contributed by atoms with Crippen LogP contribution in [0.5, 0.6) is 5.75 Å². The summed E-state index contributed by atoms with van der Waals surface area (Å²) >= 11 is 0. The molecule has 0 atom stereocenters. The number of carbonyl (C=O) groups is 1. The van der Waals surface area contributed by atoms with Crippen LogP contribution in [0.4, 0.5) is 10.1 Å². The number of amides is 1. The number of unbranched alkanes of at least 4 members (excludes halogenated alkanes) is 1. The van der Waals surface area contributed by atoms with Crippen molar-refractivity contribution in [3.63, 3.8) is 0 Å². The molecule has 0 fully saturated rings. The summed E-state index contributed by atoms with van der Waals surface area (Å²) in [6.07, 6.45) is 2.12. The molecule has 1 N–H and O–H groups in total. The van der Waals surface area contributed by atoms with E-state index in [0.717, 1.165) is 18.4 Å². The molecule has 0 unspecified atom stereocenters. The zero-order valence-corrected chi connectivity index (χ0v) is 13.6. The molecule has 2 aromatic carbocycles. The lowest BCUT2D eigenvalue weighted by Crippen LogP contribution is -2.31. The number of hydrogen-bond donors (Lipinski definition) is 1. The first-order chi connectivity index (χ1) is 11.6. The zero-order valence-electron chi connectivity index (χ0n) is 13.6. The Morgan fingerprint density at radius 2 is 1.96 bits per heavy atom. The SMILES string of the molecule is CCCCC(=O)N(CC#Cc1ccc(O)cc1)c1cccc(F)c1.